The van der Waals surface area contributed by atoms with E-state index in [0.29, 0.717) is 12.2 Å². The Balaban J connectivity index is 2.26. The van der Waals surface area contributed by atoms with E-state index in [2.05, 4.69) is 10.3 Å². The predicted molar refractivity (Wildman–Crippen MR) is 61.9 cm³/mol. The summed E-state index contributed by atoms with van der Waals surface area (Å²) in [6.45, 7) is 4.07. The van der Waals surface area contributed by atoms with Crippen LogP contribution >= 0.6 is 0 Å². The zero-order chi connectivity index (χ0) is 12.3. The van der Waals surface area contributed by atoms with Crippen LogP contribution in [0.25, 0.3) is 0 Å². The van der Waals surface area contributed by atoms with Crippen molar-refractivity contribution in [1.82, 2.24) is 10.3 Å². The van der Waals surface area contributed by atoms with Crippen molar-refractivity contribution in [1.29, 1.82) is 0 Å². The van der Waals surface area contributed by atoms with Crippen molar-refractivity contribution >= 4 is 5.97 Å². The molecule has 0 amide bonds. The largest absolute Gasteiger partial charge is 0.465 e. The van der Waals surface area contributed by atoms with Crippen molar-refractivity contribution in [3.05, 3.63) is 29.1 Å². The zero-order valence-electron chi connectivity index (χ0n) is 10.0. The molecule has 92 valence electrons. The first kappa shape index (κ1) is 12.0. The van der Waals surface area contributed by atoms with E-state index in [1.807, 2.05) is 6.92 Å². The quantitative estimate of drug-likeness (QED) is 0.771. The summed E-state index contributed by atoms with van der Waals surface area (Å²) < 4.78 is 10.3. The van der Waals surface area contributed by atoms with Crippen LogP contribution in [0.2, 0.25) is 0 Å². The number of hydrogen-bond donors (Lipinski definition) is 1. The number of esters is 1. The summed E-state index contributed by atoms with van der Waals surface area (Å²) in [5.74, 6) is -0.338. The molecule has 1 N–H and O–H groups in total. The number of rotatable bonds is 2. The molecule has 17 heavy (non-hydrogen) atoms. The van der Waals surface area contributed by atoms with Crippen LogP contribution in [0.4, 0.5) is 0 Å². The molecular weight excluding hydrogens is 220 g/mol. The summed E-state index contributed by atoms with van der Waals surface area (Å²) in [5.41, 5.74) is 2.12. The van der Waals surface area contributed by atoms with Gasteiger partial charge in [-0.15, -0.1) is 0 Å². The Morgan fingerprint density at radius 1 is 1.65 bits per heavy atom. The second-order valence-corrected chi connectivity index (χ2v) is 3.98. The number of nitrogens with zero attached hydrogens (tertiary/aromatic N) is 1. The molecule has 0 aliphatic carbocycles. The zero-order valence-corrected chi connectivity index (χ0v) is 10.0. The second kappa shape index (κ2) is 5.25. The molecule has 1 fully saturated rings. The first-order valence-corrected chi connectivity index (χ1v) is 5.59. The molecule has 5 nitrogen and oxygen atoms in total. The van der Waals surface area contributed by atoms with Gasteiger partial charge in [-0.1, -0.05) is 0 Å². The monoisotopic (exact) mass is 236 g/mol. The minimum Gasteiger partial charge on any atom is -0.465 e. The average Bonchev–Trinajstić information content (AvgIpc) is 2.39. The van der Waals surface area contributed by atoms with E-state index in [9.17, 15) is 4.79 Å². The van der Waals surface area contributed by atoms with Crippen molar-refractivity contribution in [2.45, 2.75) is 13.0 Å². The lowest BCUT2D eigenvalue weighted by Gasteiger charge is -2.23. The predicted octanol–water partition coefficient (Wildman–Crippen LogP) is 0.838. The molecule has 0 bridgehead atoms. The first-order chi connectivity index (χ1) is 8.22. The van der Waals surface area contributed by atoms with Gasteiger partial charge in [-0.3, -0.25) is 4.98 Å². The van der Waals surface area contributed by atoms with E-state index in [-0.39, 0.29) is 12.1 Å². The van der Waals surface area contributed by atoms with Gasteiger partial charge in [-0.25, -0.2) is 4.79 Å². The number of ether oxygens (including phenoxy) is 2. The van der Waals surface area contributed by atoms with Crippen molar-refractivity contribution in [2.75, 3.05) is 26.8 Å². The van der Waals surface area contributed by atoms with E-state index in [1.54, 1.807) is 12.3 Å². The van der Waals surface area contributed by atoms with Crippen LogP contribution in [0.15, 0.2) is 12.3 Å². The van der Waals surface area contributed by atoms with Crippen LogP contribution in [-0.2, 0) is 9.47 Å². The molecule has 0 aromatic carbocycles. The van der Waals surface area contributed by atoms with Gasteiger partial charge in [0, 0.05) is 19.3 Å². The van der Waals surface area contributed by atoms with Gasteiger partial charge in [0.1, 0.15) is 6.10 Å². The number of carbonyl (C=O) groups is 1. The van der Waals surface area contributed by atoms with Gasteiger partial charge < -0.3 is 14.8 Å². The highest BCUT2D eigenvalue weighted by Gasteiger charge is 2.19. The van der Waals surface area contributed by atoms with Crippen LogP contribution in [0.3, 0.4) is 0 Å². The SMILES string of the molecule is COC(=O)c1cc(C2CNCCO2)ncc1C. The summed E-state index contributed by atoms with van der Waals surface area (Å²) in [7, 11) is 1.38. The van der Waals surface area contributed by atoms with Gasteiger partial charge in [-0.05, 0) is 18.6 Å². The summed E-state index contributed by atoms with van der Waals surface area (Å²) in [6.07, 6.45) is 1.59. The number of hydrogen-bond acceptors (Lipinski definition) is 5. The fraction of sp³-hybridized carbons (Fsp3) is 0.500. The minimum absolute atomic E-state index is 0.0900. The second-order valence-electron chi connectivity index (χ2n) is 3.98. The fourth-order valence-corrected chi connectivity index (χ4v) is 1.80. The summed E-state index contributed by atoms with van der Waals surface area (Å²) in [6, 6.07) is 1.75. The molecule has 0 saturated carbocycles. The lowest BCUT2D eigenvalue weighted by molar-refractivity contribution is 0.0249. The minimum atomic E-state index is -0.338. The summed E-state index contributed by atoms with van der Waals surface area (Å²) in [5, 5.41) is 3.23. The molecule has 1 aromatic rings. The van der Waals surface area contributed by atoms with Crippen LogP contribution in [0, 0.1) is 6.92 Å². The van der Waals surface area contributed by atoms with Gasteiger partial charge in [0.05, 0.1) is 25.0 Å². The number of nitrogens with one attached hydrogen (secondary N) is 1. The number of carbonyl (C=O) groups excluding carboxylic acids is 1. The van der Waals surface area contributed by atoms with Gasteiger partial charge in [0.15, 0.2) is 0 Å². The first-order valence-electron chi connectivity index (χ1n) is 5.59. The van der Waals surface area contributed by atoms with Crippen LogP contribution in [0.1, 0.15) is 27.7 Å². The third-order valence-corrected chi connectivity index (χ3v) is 2.79. The van der Waals surface area contributed by atoms with Crippen molar-refractivity contribution in [3.63, 3.8) is 0 Å². The molecular formula is C12H16N2O3. The van der Waals surface area contributed by atoms with Crippen LogP contribution < -0.4 is 5.32 Å². The number of aryl methyl sites for hydroxylation is 1. The van der Waals surface area contributed by atoms with E-state index < -0.39 is 0 Å². The maximum Gasteiger partial charge on any atom is 0.338 e. The molecule has 1 unspecified atom stereocenters. The number of aromatic nitrogens is 1. The number of pyridine rings is 1. The topological polar surface area (TPSA) is 60.5 Å². The molecule has 5 heteroatoms. The Morgan fingerprint density at radius 2 is 2.47 bits per heavy atom. The van der Waals surface area contributed by atoms with E-state index in [1.165, 1.54) is 7.11 Å². The summed E-state index contributed by atoms with van der Waals surface area (Å²) >= 11 is 0. The van der Waals surface area contributed by atoms with E-state index in [4.69, 9.17) is 9.47 Å². The van der Waals surface area contributed by atoms with Crippen molar-refractivity contribution < 1.29 is 14.3 Å². The van der Waals surface area contributed by atoms with Gasteiger partial charge in [-0.2, -0.15) is 0 Å². The molecule has 0 radical (unpaired) electrons. The highest BCUT2D eigenvalue weighted by molar-refractivity contribution is 5.90. The summed E-state index contributed by atoms with van der Waals surface area (Å²) in [4.78, 5) is 15.9. The molecule has 1 atom stereocenters. The molecule has 1 aliphatic heterocycles. The Morgan fingerprint density at radius 3 is 3.12 bits per heavy atom. The van der Waals surface area contributed by atoms with Crippen LogP contribution in [-0.4, -0.2) is 37.8 Å². The van der Waals surface area contributed by atoms with Gasteiger partial charge >= 0.3 is 5.97 Å². The van der Waals surface area contributed by atoms with Crippen LogP contribution in [0.5, 0.6) is 0 Å². The average molecular weight is 236 g/mol. The Hall–Kier alpha value is -1.46. The standard InChI is InChI=1S/C12H16N2O3/c1-8-6-14-10(5-9(8)12(15)16-2)11-7-13-3-4-17-11/h5-6,11,13H,3-4,7H2,1-2H3. The van der Waals surface area contributed by atoms with Crippen molar-refractivity contribution in [3.8, 4) is 0 Å². The highest BCUT2D eigenvalue weighted by atomic mass is 16.5. The Kier molecular flexibility index (Phi) is 3.71. The maximum absolute atomic E-state index is 11.6. The third kappa shape index (κ3) is 2.62. The lowest BCUT2D eigenvalue weighted by Crippen LogP contribution is -2.33. The third-order valence-electron chi connectivity index (χ3n) is 2.79. The maximum atomic E-state index is 11.6. The molecule has 2 rings (SSSR count). The molecule has 1 aromatic heterocycles. The fourth-order valence-electron chi connectivity index (χ4n) is 1.80. The van der Waals surface area contributed by atoms with Gasteiger partial charge in [0.25, 0.3) is 0 Å². The molecule has 1 saturated heterocycles. The van der Waals surface area contributed by atoms with Gasteiger partial charge in [0.2, 0.25) is 0 Å². The molecule has 0 spiro atoms. The van der Waals surface area contributed by atoms with E-state index >= 15 is 0 Å². The lowest BCUT2D eigenvalue weighted by atomic mass is 10.1. The molecule has 2 heterocycles. The van der Waals surface area contributed by atoms with E-state index in [0.717, 1.165) is 24.3 Å². The van der Waals surface area contributed by atoms with Crippen molar-refractivity contribution in [2.24, 2.45) is 0 Å². The smallest absolute Gasteiger partial charge is 0.338 e. The molecule has 1 aliphatic rings. The normalized spacial score (nSPS) is 20.0. The number of methoxy groups -OCH3 is 1. The Bertz CT molecular complexity index is 414. The Labute approximate surface area is 100 Å². The number of morpholine rings is 1. The highest BCUT2D eigenvalue weighted by Crippen LogP contribution is 2.19.